The van der Waals surface area contributed by atoms with Gasteiger partial charge in [-0.25, -0.2) is 0 Å². The number of rotatable bonds is 3. The summed E-state index contributed by atoms with van der Waals surface area (Å²) in [5.41, 5.74) is 3.98. The second-order valence-corrected chi connectivity index (χ2v) is 5.77. The maximum atomic E-state index is 9.18. The molecule has 4 nitrogen and oxygen atoms in total. The van der Waals surface area contributed by atoms with Crippen LogP contribution in [0.15, 0.2) is 34.9 Å². The highest BCUT2D eigenvalue weighted by Gasteiger charge is 2.14. The van der Waals surface area contributed by atoms with Crippen molar-refractivity contribution < 1.29 is 0 Å². The molecule has 0 saturated carbocycles. The van der Waals surface area contributed by atoms with E-state index in [0.717, 1.165) is 39.7 Å². The zero-order chi connectivity index (χ0) is 15.0. The van der Waals surface area contributed by atoms with Gasteiger partial charge in [-0.2, -0.15) is 10.4 Å². The molecule has 0 radical (unpaired) electrons. The zero-order valence-corrected chi connectivity index (χ0v) is 13.6. The fourth-order valence-electron chi connectivity index (χ4n) is 2.61. The molecule has 2 heterocycles. The molecule has 0 unspecified atom stereocenters. The third-order valence-electron chi connectivity index (χ3n) is 3.76. The van der Waals surface area contributed by atoms with Gasteiger partial charge in [-0.3, -0.25) is 4.68 Å². The highest BCUT2D eigenvalue weighted by molar-refractivity contribution is 9.10. The summed E-state index contributed by atoms with van der Waals surface area (Å²) < 4.78 is 5.14. The number of nitrogens with zero attached hydrogens (tertiary/aromatic N) is 4. The summed E-state index contributed by atoms with van der Waals surface area (Å²) in [7, 11) is 1.96. The number of aryl methyl sites for hydroxylation is 2. The van der Waals surface area contributed by atoms with Crippen molar-refractivity contribution in [1.82, 2.24) is 14.3 Å². The van der Waals surface area contributed by atoms with Gasteiger partial charge in [0.25, 0.3) is 0 Å². The predicted molar refractivity (Wildman–Crippen MR) is 86.0 cm³/mol. The molecule has 0 N–H and O–H groups in total. The molecule has 3 rings (SSSR count). The van der Waals surface area contributed by atoms with Crippen molar-refractivity contribution >= 4 is 26.8 Å². The maximum Gasteiger partial charge on any atom is 0.0998 e. The lowest BCUT2D eigenvalue weighted by Crippen LogP contribution is -2.05. The molecule has 0 aliphatic carbocycles. The van der Waals surface area contributed by atoms with Crippen molar-refractivity contribution in [2.45, 2.75) is 19.9 Å². The lowest BCUT2D eigenvalue weighted by molar-refractivity contribution is 0.668. The third kappa shape index (κ3) is 2.26. The average molecular weight is 343 g/mol. The molecule has 0 aliphatic heterocycles. The Kier molecular flexibility index (Phi) is 3.56. The quantitative estimate of drug-likeness (QED) is 0.729. The average Bonchev–Trinajstić information content (AvgIpc) is 3.03. The Morgan fingerprint density at radius 1 is 1.33 bits per heavy atom. The number of aromatic nitrogens is 3. The first-order valence-corrected chi connectivity index (χ1v) is 7.63. The molecular formula is C16H15BrN4. The van der Waals surface area contributed by atoms with Gasteiger partial charge in [0.1, 0.15) is 0 Å². The fraction of sp³-hybridized carbons (Fsp3) is 0.250. The van der Waals surface area contributed by atoms with Crippen LogP contribution in [-0.2, 0) is 20.0 Å². The van der Waals surface area contributed by atoms with E-state index >= 15 is 0 Å². The lowest BCUT2D eigenvalue weighted by Gasteiger charge is -2.07. The molecule has 21 heavy (non-hydrogen) atoms. The number of hydrogen-bond donors (Lipinski definition) is 0. The molecule has 3 aromatic rings. The summed E-state index contributed by atoms with van der Waals surface area (Å²) in [4.78, 5) is 0. The van der Waals surface area contributed by atoms with Gasteiger partial charge in [-0.1, -0.05) is 13.0 Å². The molecule has 0 atom stereocenters. The molecule has 0 bridgehead atoms. The summed E-state index contributed by atoms with van der Waals surface area (Å²) in [6, 6.07) is 10.1. The molecule has 0 fully saturated rings. The molecule has 0 saturated heterocycles. The monoisotopic (exact) mass is 342 g/mol. The molecule has 5 heteroatoms. The van der Waals surface area contributed by atoms with Crippen LogP contribution >= 0.6 is 15.9 Å². The van der Waals surface area contributed by atoms with Crippen LogP contribution in [0.4, 0.5) is 0 Å². The van der Waals surface area contributed by atoms with Crippen LogP contribution < -0.4 is 0 Å². The SMILES string of the molecule is CCc1nn(C)c(Cn2ccc3c(C#N)cccc32)c1Br. The van der Waals surface area contributed by atoms with E-state index in [4.69, 9.17) is 0 Å². The number of fused-ring (bicyclic) bond motifs is 1. The summed E-state index contributed by atoms with van der Waals surface area (Å²) in [6.45, 7) is 2.82. The van der Waals surface area contributed by atoms with Crippen LogP contribution in [0.1, 0.15) is 23.9 Å². The van der Waals surface area contributed by atoms with Crippen molar-refractivity contribution in [3.05, 3.63) is 51.9 Å². The Morgan fingerprint density at radius 2 is 2.14 bits per heavy atom. The number of nitriles is 1. The Hall–Kier alpha value is -2.06. The molecule has 0 spiro atoms. The third-order valence-corrected chi connectivity index (χ3v) is 4.67. The minimum Gasteiger partial charge on any atom is -0.341 e. The van der Waals surface area contributed by atoms with E-state index in [9.17, 15) is 5.26 Å². The normalized spacial score (nSPS) is 11.0. The van der Waals surface area contributed by atoms with Crippen molar-refractivity contribution in [1.29, 1.82) is 5.26 Å². The van der Waals surface area contributed by atoms with Crippen molar-refractivity contribution in [2.75, 3.05) is 0 Å². The van der Waals surface area contributed by atoms with E-state index in [2.05, 4.69) is 38.6 Å². The first kappa shape index (κ1) is 13.9. The minimum absolute atomic E-state index is 0.713. The second kappa shape index (κ2) is 5.38. The van der Waals surface area contributed by atoms with Gasteiger partial charge < -0.3 is 4.57 Å². The van der Waals surface area contributed by atoms with Gasteiger partial charge in [0.05, 0.1) is 34.0 Å². The molecule has 0 aliphatic rings. The van der Waals surface area contributed by atoms with Crippen LogP contribution in [0.2, 0.25) is 0 Å². The highest BCUT2D eigenvalue weighted by atomic mass is 79.9. The largest absolute Gasteiger partial charge is 0.341 e. The highest BCUT2D eigenvalue weighted by Crippen LogP contribution is 2.25. The van der Waals surface area contributed by atoms with Gasteiger partial charge in [0.2, 0.25) is 0 Å². The van der Waals surface area contributed by atoms with Crippen LogP contribution in [0.5, 0.6) is 0 Å². The Bertz CT molecular complexity index is 851. The van der Waals surface area contributed by atoms with Crippen molar-refractivity contribution in [2.24, 2.45) is 7.05 Å². The minimum atomic E-state index is 0.713. The van der Waals surface area contributed by atoms with E-state index in [1.54, 1.807) is 0 Å². The van der Waals surface area contributed by atoms with Crippen LogP contribution in [-0.4, -0.2) is 14.3 Å². The number of benzene rings is 1. The molecule has 0 amide bonds. The van der Waals surface area contributed by atoms with Gasteiger partial charge in [-0.15, -0.1) is 0 Å². The van der Waals surface area contributed by atoms with Gasteiger partial charge >= 0.3 is 0 Å². The van der Waals surface area contributed by atoms with Crippen molar-refractivity contribution in [3.8, 4) is 6.07 Å². The van der Waals surface area contributed by atoms with Crippen LogP contribution in [0.25, 0.3) is 10.9 Å². The van der Waals surface area contributed by atoms with Gasteiger partial charge in [0.15, 0.2) is 0 Å². The summed E-state index contributed by atoms with van der Waals surface area (Å²) in [6.07, 6.45) is 2.93. The molecule has 1 aromatic carbocycles. The van der Waals surface area contributed by atoms with Crippen LogP contribution in [0.3, 0.4) is 0 Å². The molecular weight excluding hydrogens is 328 g/mol. The Labute approximate surface area is 131 Å². The summed E-state index contributed by atoms with van der Waals surface area (Å²) in [5.74, 6) is 0. The smallest absolute Gasteiger partial charge is 0.0998 e. The molecule has 106 valence electrons. The summed E-state index contributed by atoms with van der Waals surface area (Å²) >= 11 is 3.65. The van der Waals surface area contributed by atoms with E-state index in [1.807, 2.05) is 42.2 Å². The topological polar surface area (TPSA) is 46.5 Å². The first-order valence-electron chi connectivity index (χ1n) is 6.84. The first-order chi connectivity index (χ1) is 10.2. The summed E-state index contributed by atoms with van der Waals surface area (Å²) in [5, 5.41) is 14.7. The van der Waals surface area contributed by atoms with E-state index in [1.165, 1.54) is 0 Å². The van der Waals surface area contributed by atoms with E-state index < -0.39 is 0 Å². The predicted octanol–water partition coefficient (Wildman–Crippen LogP) is 3.62. The number of hydrogen-bond acceptors (Lipinski definition) is 2. The standard InChI is InChI=1S/C16H15BrN4/c1-3-13-16(17)15(20(2)19-13)10-21-8-7-12-11(9-18)5-4-6-14(12)21/h4-8H,3,10H2,1-2H3. The van der Waals surface area contributed by atoms with Crippen LogP contribution in [0, 0.1) is 11.3 Å². The van der Waals surface area contributed by atoms with Gasteiger partial charge in [0, 0.05) is 24.1 Å². The zero-order valence-electron chi connectivity index (χ0n) is 12.0. The Morgan fingerprint density at radius 3 is 2.81 bits per heavy atom. The molecule has 2 aromatic heterocycles. The lowest BCUT2D eigenvalue weighted by atomic mass is 10.1. The Balaban J connectivity index is 2.08. The second-order valence-electron chi connectivity index (χ2n) is 4.98. The van der Waals surface area contributed by atoms with E-state index in [-0.39, 0.29) is 0 Å². The van der Waals surface area contributed by atoms with Gasteiger partial charge in [-0.05, 0) is 40.5 Å². The van der Waals surface area contributed by atoms with E-state index in [0.29, 0.717) is 5.56 Å². The van der Waals surface area contributed by atoms with Crippen molar-refractivity contribution in [3.63, 3.8) is 0 Å². The maximum absolute atomic E-state index is 9.18. The number of halogens is 1. The fourth-order valence-corrected chi connectivity index (χ4v) is 3.35.